The van der Waals surface area contributed by atoms with Crippen LogP contribution in [0.2, 0.25) is 5.02 Å². The Morgan fingerprint density at radius 3 is 2.32 bits per heavy atom. The predicted octanol–water partition coefficient (Wildman–Crippen LogP) is 3.82. The number of ether oxygens (including phenoxy) is 1. The van der Waals surface area contributed by atoms with Crippen LogP contribution in [0.5, 0.6) is 0 Å². The molecule has 2 unspecified atom stereocenters. The molecule has 0 aromatic heterocycles. The summed E-state index contributed by atoms with van der Waals surface area (Å²) < 4.78 is 5.69. The molecule has 2 bridgehead atoms. The van der Waals surface area contributed by atoms with Crippen molar-refractivity contribution in [3.8, 4) is 0 Å². The first-order valence-corrected chi connectivity index (χ1v) is 9.39. The average molecular weight is 362 g/mol. The number of carbonyl (C=O) groups is 2. The molecule has 1 aliphatic heterocycles. The number of hydrogen-bond acceptors (Lipinski definition) is 3. The number of esters is 1. The van der Waals surface area contributed by atoms with Crippen LogP contribution in [0.15, 0.2) is 24.3 Å². The highest BCUT2D eigenvalue weighted by Gasteiger charge is 2.75. The van der Waals surface area contributed by atoms with Crippen LogP contribution in [0, 0.1) is 10.8 Å². The molecule has 2 saturated carbocycles. The van der Waals surface area contributed by atoms with Crippen molar-refractivity contribution in [2.45, 2.75) is 64.0 Å². The maximum Gasteiger partial charge on any atom is 0.313 e. The van der Waals surface area contributed by atoms with Crippen molar-refractivity contribution in [2.75, 3.05) is 0 Å². The molecule has 2 aliphatic carbocycles. The van der Waals surface area contributed by atoms with E-state index in [1.54, 1.807) is 0 Å². The first-order valence-electron chi connectivity index (χ1n) is 9.01. The Hall–Kier alpha value is -1.55. The lowest BCUT2D eigenvalue weighted by atomic mass is 9.66. The zero-order valence-corrected chi connectivity index (χ0v) is 15.7. The van der Waals surface area contributed by atoms with Gasteiger partial charge in [0.2, 0.25) is 0 Å². The third-order valence-electron chi connectivity index (χ3n) is 7.34. The first kappa shape index (κ1) is 16.9. The molecule has 4 rings (SSSR count). The second-order valence-corrected chi connectivity index (χ2v) is 8.93. The van der Waals surface area contributed by atoms with Crippen molar-refractivity contribution >= 4 is 23.5 Å². The Labute approximate surface area is 153 Å². The summed E-state index contributed by atoms with van der Waals surface area (Å²) in [5, 5.41) is 3.90. The van der Waals surface area contributed by atoms with Gasteiger partial charge in [0.15, 0.2) is 5.60 Å². The highest BCUT2D eigenvalue weighted by atomic mass is 35.5. The van der Waals surface area contributed by atoms with E-state index < -0.39 is 16.4 Å². The lowest BCUT2D eigenvalue weighted by Crippen LogP contribution is -2.58. The molecule has 1 saturated heterocycles. The molecule has 4 atom stereocenters. The minimum atomic E-state index is -1.03. The van der Waals surface area contributed by atoms with Gasteiger partial charge in [-0.05, 0) is 50.3 Å². The number of nitrogens with one attached hydrogen (secondary N) is 1. The highest BCUT2D eigenvalue weighted by Crippen LogP contribution is 2.65. The van der Waals surface area contributed by atoms with Crippen molar-refractivity contribution in [2.24, 2.45) is 10.8 Å². The number of amides is 1. The third-order valence-corrected chi connectivity index (χ3v) is 7.59. The Morgan fingerprint density at radius 2 is 1.84 bits per heavy atom. The number of benzene rings is 1. The van der Waals surface area contributed by atoms with Gasteiger partial charge in [0.05, 0.1) is 5.41 Å². The predicted molar refractivity (Wildman–Crippen MR) is 95.3 cm³/mol. The van der Waals surface area contributed by atoms with Gasteiger partial charge >= 0.3 is 5.97 Å². The summed E-state index contributed by atoms with van der Waals surface area (Å²) in [6.07, 6.45) is 3.30. The van der Waals surface area contributed by atoms with E-state index in [0.717, 1.165) is 12.8 Å². The summed E-state index contributed by atoms with van der Waals surface area (Å²) in [6, 6.07) is 7.91. The van der Waals surface area contributed by atoms with Crippen molar-refractivity contribution in [1.29, 1.82) is 0 Å². The first-order chi connectivity index (χ1) is 11.7. The topological polar surface area (TPSA) is 55.4 Å². The molecule has 5 heteroatoms. The molecule has 0 radical (unpaired) electrons. The molecule has 25 heavy (non-hydrogen) atoms. The third kappa shape index (κ3) is 2.06. The quantitative estimate of drug-likeness (QED) is 0.832. The summed E-state index contributed by atoms with van der Waals surface area (Å²) in [5.74, 6) is -0.0666. The van der Waals surface area contributed by atoms with Gasteiger partial charge in [-0.15, -0.1) is 0 Å². The van der Waals surface area contributed by atoms with Gasteiger partial charge in [0, 0.05) is 22.4 Å². The molecule has 134 valence electrons. The van der Waals surface area contributed by atoms with Crippen LogP contribution in [0.4, 0.5) is 0 Å². The Morgan fingerprint density at radius 1 is 1.16 bits per heavy atom. The minimum Gasteiger partial charge on any atom is -0.448 e. The van der Waals surface area contributed by atoms with E-state index in [4.69, 9.17) is 16.3 Å². The summed E-state index contributed by atoms with van der Waals surface area (Å²) >= 11 is 5.97. The van der Waals surface area contributed by atoms with Gasteiger partial charge in [-0.2, -0.15) is 0 Å². The van der Waals surface area contributed by atoms with E-state index in [0.29, 0.717) is 23.8 Å². The number of carbonyl (C=O) groups excluding carboxylic acids is 2. The number of rotatable bonds is 3. The summed E-state index contributed by atoms with van der Waals surface area (Å²) in [5.41, 5.74) is -0.906. The molecule has 4 nitrogen and oxygen atoms in total. The summed E-state index contributed by atoms with van der Waals surface area (Å²) in [6.45, 7) is 5.90. The van der Waals surface area contributed by atoms with Gasteiger partial charge in [0.25, 0.3) is 5.91 Å². The van der Waals surface area contributed by atoms with Gasteiger partial charge in [-0.3, -0.25) is 9.59 Å². The fraction of sp³-hybridized carbons (Fsp3) is 0.600. The second-order valence-electron chi connectivity index (χ2n) is 8.49. The maximum absolute atomic E-state index is 13.2. The van der Waals surface area contributed by atoms with Crippen molar-refractivity contribution in [3.63, 3.8) is 0 Å². The fourth-order valence-electron chi connectivity index (χ4n) is 4.81. The molecule has 0 spiro atoms. The summed E-state index contributed by atoms with van der Waals surface area (Å²) in [4.78, 5) is 25.5. The van der Waals surface area contributed by atoms with E-state index >= 15 is 0 Å². The van der Waals surface area contributed by atoms with Crippen LogP contribution >= 0.6 is 11.6 Å². The molecule has 1 aromatic carbocycles. The molecule has 1 aromatic rings. The molecular formula is C20H24ClNO3. The molecule has 3 aliphatic rings. The van der Waals surface area contributed by atoms with E-state index in [-0.39, 0.29) is 17.9 Å². The molecule has 1 N–H and O–H groups in total. The van der Waals surface area contributed by atoms with E-state index in [9.17, 15) is 9.59 Å². The van der Waals surface area contributed by atoms with Crippen LogP contribution in [-0.2, 0) is 14.3 Å². The van der Waals surface area contributed by atoms with Gasteiger partial charge in [-0.1, -0.05) is 37.6 Å². The number of hydrogen-bond donors (Lipinski definition) is 1. The van der Waals surface area contributed by atoms with Gasteiger partial charge in [0.1, 0.15) is 0 Å². The van der Waals surface area contributed by atoms with Crippen LogP contribution in [0.3, 0.4) is 0 Å². The van der Waals surface area contributed by atoms with Gasteiger partial charge in [-0.25, -0.2) is 0 Å². The zero-order chi connectivity index (χ0) is 18.0. The maximum atomic E-state index is 13.2. The monoisotopic (exact) mass is 361 g/mol. The SMILES string of the molecule is CC12CCC(C(=O)N[C@H]3CC[C@H]3c3ccc(Cl)cc3)(OC1=O)C2(C)C. The lowest BCUT2D eigenvalue weighted by molar-refractivity contribution is -0.169. The molecular weight excluding hydrogens is 338 g/mol. The Bertz CT molecular complexity index is 744. The van der Waals surface area contributed by atoms with Crippen molar-refractivity contribution in [3.05, 3.63) is 34.9 Å². The minimum absolute atomic E-state index is 0.0880. The standard InChI is InChI=1S/C20H24ClNO3/c1-18(2)19(3)10-11-20(18,25-17(19)24)16(23)22-15-9-8-14(15)12-4-6-13(21)7-5-12/h4-7,14-15H,8-11H2,1-3H3,(H,22,23)/t14-,15-,19?,20?/m0/s1. The molecule has 1 heterocycles. The van der Waals surface area contributed by atoms with Crippen LogP contribution in [-0.4, -0.2) is 23.5 Å². The smallest absolute Gasteiger partial charge is 0.313 e. The largest absolute Gasteiger partial charge is 0.448 e. The average Bonchev–Trinajstić information content (AvgIpc) is 2.84. The highest BCUT2D eigenvalue weighted by molar-refractivity contribution is 6.30. The zero-order valence-electron chi connectivity index (χ0n) is 14.9. The van der Waals surface area contributed by atoms with Crippen LogP contribution < -0.4 is 5.32 Å². The van der Waals surface area contributed by atoms with Crippen molar-refractivity contribution in [1.82, 2.24) is 5.32 Å². The van der Waals surface area contributed by atoms with Crippen molar-refractivity contribution < 1.29 is 14.3 Å². The number of fused-ring (bicyclic) bond motifs is 2. The Kier molecular flexibility index (Phi) is 3.53. The van der Waals surface area contributed by atoms with Crippen LogP contribution in [0.1, 0.15) is 57.9 Å². The van der Waals surface area contributed by atoms with Crippen LogP contribution in [0.25, 0.3) is 0 Å². The van der Waals surface area contributed by atoms with E-state index in [2.05, 4.69) is 5.32 Å². The molecule has 3 fully saturated rings. The fourth-order valence-corrected chi connectivity index (χ4v) is 4.94. The van der Waals surface area contributed by atoms with Gasteiger partial charge < -0.3 is 10.1 Å². The lowest BCUT2D eigenvalue weighted by Gasteiger charge is -2.41. The second kappa shape index (κ2) is 5.23. The molecule has 1 amide bonds. The van der Waals surface area contributed by atoms with E-state index in [1.807, 2.05) is 45.0 Å². The van der Waals surface area contributed by atoms with E-state index in [1.165, 1.54) is 5.56 Å². The Balaban J connectivity index is 1.53. The normalized spacial score (nSPS) is 38.2. The number of halogens is 1. The summed E-state index contributed by atoms with van der Waals surface area (Å²) in [7, 11) is 0.